The minimum absolute atomic E-state index is 0.151. The van der Waals surface area contributed by atoms with Crippen LogP contribution in [0.1, 0.15) is 39.2 Å². The minimum Gasteiger partial charge on any atom is -0.341 e. The number of amides is 3. The molecule has 1 aromatic heterocycles. The van der Waals surface area contributed by atoms with Gasteiger partial charge in [0.05, 0.1) is 0 Å². The van der Waals surface area contributed by atoms with Crippen LogP contribution in [0.2, 0.25) is 0 Å². The van der Waals surface area contributed by atoms with Gasteiger partial charge >= 0.3 is 6.03 Å². The molecule has 0 unspecified atom stereocenters. The van der Waals surface area contributed by atoms with Crippen molar-refractivity contribution in [2.75, 3.05) is 18.9 Å². The lowest BCUT2D eigenvalue weighted by Gasteiger charge is -2.37. The molecule has 0 fully saturated rings. The fraction of sp³-hybridized carbons (Fsp3) is 0.444. The summed E-state index contributed by atoms with van der Waals surface area (Å²) in [6.07, 6.45) is 7.28. The van der Waals surface area contributed by atoms with E-state index >= 15 is 0 Å². The molecule has 0 saturated heterocycles. The van der Waals surface area contributed by atoms with Gasteiger partial charge in [-0.25, -0.2) is 4.79 Å². The average molecular weight is 449 g/mol. The summed E-state index contributed by atoms with van der Waals surface area (Å²) in [5.41, 5.74) is 3.05. The average Bonchev–Trinajstić information content (AvgIpc) is 2.80. The van der Waals surface area contributed by atoms with Crippen molar-refractivity contribution in [2.45, 2.75) is 40.2 Å². The summed E-state index contributed by atoms with van der Waals surface area (Å²) in [5, 5.41) is 5.91. The number of hydrogen-bond donors (Lipinski definition) is 2. The molecular formula is C27H36N4O2. The van der Waals surface area contributed by atoms with E-state index in [0.29, 0.717) is 31.3 Å². The van der Waals surface area contributed by atoms with Gasteiger partial charge < -0.3 is 15.5 Å². The highest BCUT2D eigenvalue weighted by molar-refractivity contribution is 5.89. The molecule has 1 aliphatic carbocycles. The van der Waals surface area contributed by atoms with E-state index < -0.39 is 0 Å². The molecule has 6 nitrogen and oxygen atoms in total. The number of benzene rings is 1. The number of carbonyl (C=O) groups is 2. The van der Waals surface area contributed by atoms with Crippen LogP contribution in [0.3, 0.4) is 0 Å². The summed E-state index contributed by atoms with van der Waals surface area (Å²) in [6, 6.07) is 13.1. The Morgan fingerprint density at radius 3 is 2.58 bits per heavy atom. The van der Waals surface area contributed by atoms with Crippen LogP contribution in [0.5, 0.6) is 0 Å². The van der Waals surface area contributed by atoms with Gasteiger partial charge in [0.25, 0.3) is 0 Å². The maximum Gasteiger partial charge on any atom is 0.319 e. The summed E-state index contributed by atoms with van der Waals surface area (Å²) < 4.78 is 0. The molecule has 3 atom stereocenters. The van der Waals surface area contributed by atoms with E-state index in [1.807, 2.05) is 49.5 Å². The molecule has 0 aliphatic heterocycles. The predicted octanol–water partition coefficient (Wildman–Crippen LogP) is 5.11. The number of hydrogen-bond acceptors (Lipinski definition) is 3. The zero-order chi connectivity index (χ0) is 23.8. The second-order valence-corrected chi connectivity index (χ2v) is 9.43. The highest BCUT2D eigenvalue weighted by atomic mass is 16.2. The zero-order valence-electron chi connectivity index (χ0n) is 20.1. The largest absolute Gasteiger partial charge is 0.341 e. The number of aromatic nitrogens is 1. The normalized spacial score (nSPS) is 20.2. The van der Waals surface area contributed by atoms with E-state index in [-0.39, 0.29) is 23.8 Å². The summed E-state index contributed by atoms with van der Waals surface area (Å²) in [6.45, 7) is 7.72. The Morgan fingerprint density at radius 1 is 1.15 bits per heavy atom. The first-order valence-electron chi connectivity index (χ1n) is 11.7. The summed E-state index contributed by atoms with van der Waals surface area (Å²) >= 11 is 0. The first-order chi connectivity index (χ1) is 15.8. The van der Waals surface area contributed by atoms with Crippen LogP contribution in [-0.4, -0.2) is 35.4 Å². The van der Waals surface area contributed by atoms with Gasteiger partial charge in [-0.05, 0) is 60.8 Å². The van der Waals surface area contributed by atoms with E-state index in [1.54, 1.807) is 17.3 Å². The van der Waals surface area contributed by atoms with E-state index in [2.05, 4.69) is 42.5 Å². The Morgan fingerprint density at radius 2 is 1.91 bits per heavy atom. The van der Waals surface area contributed by atoms with Gasteiger partial charge in [-0.2, -0.15) is 0 Å². The Hall–Kier alpha value is -3.15. The van der Waals surface area contributed by atoms with Crippen LogP contribution in [-0.2, 0) is 11.3 Å². The third-order valence-electron chi connectivity index (χ3n) is 6.60. The predicted molar refractivity (Wildman–Crippen MR) is 132 cm³/mol. The van der Waals surface area contributed by atoms with Gasteiger partial charge in [0, 0.05) is 44.6 Å². The second-order valence-electron chi connectivity index (χ2n) is 9.43. The Labute approximate surface area is 197 Å². The van der Waals surface area contributed by atoms with Crippen molar-refractivity contribution < 1.29 is 9.59 Å². The molecule has 3 rings (SSSR count). The van der Waals surface area contributed by atoms with Crippen molar-refractivity contribution in [3.05, 3.63) is 72.1 Å². The number of pyridine rings is 1. The van der Waals surface area contributed by atoms with Crippen LogP contribution in [0, 0.1) is 23.7 Å². The molecule has 0 radical (unpaired) electrons. The lowest BCUT2D eigenvalue weighted by molar-refractivity contribution is -0.131. The van der Waals surface area contributed by atoms with Crippen molar-refractivity contribution in [1.82, 2.24) is 15.2 Å². The number of nitrogens with zero attached hydrogens (tertiary/aromatic N) is 2. The molecule has 0 bridgehead atoms. The van der Waals surface area contributed by atoms with Gasteiger partial charge in [0.2, 0.25) is 5.91 Å². The number of para-hydroxylation sites is 1. The number of carbonyl (C=O) groups excluding carboxylic acids is 2. The number of allylic oxidation sites excluding steroid dienone is 1. The van der Waals surface area contributed by atoms with Crippen LogP contribution >= 0.6 is 0 Å². The van der Waals surface area contributed by atoms with Gasteiger partial charge in [-0.15, -0.1) is 0 Å². The number of urea groups is 1. The van der Waals surface area contributed by atoms with Crippen LogP contribution in [0.15, 0.2) is 66.5 Å². The van der Waals surface area contributed by atoms with E-state index in [0.717, 1.165) is 17.7 Å². The maximum absolute atomic E-state index is 12.9. The van der Waals surface area contributed by atoms with E-state index in [1.165, 1.54) is 5.57 Å². The lowest BCUT2D eigenvalue weighted by atomic mass is 9.69. The maximum atomic E-state index is 12.9. The third-order valence-corrected chi connectivity index (χ3v) is 6.60. The molecule has 0 saturated carbocycles. The lowest BCUT2D eigenvalue weighted by Crippen LogP contribution is -2.39. The van der Waals surface area contributed by atoms with Crippen molar-refractivity contribution >= 4 is 17.6 Å². The highest BCUT2D eigenvalue weighted by Crippen LogP contribution is 2.39. The minimum atomic E-state index is -0.191. The van der Waals surface area contributed by atoms with Gasteiger partial charge in [0.15, 0.2) is 0 Å². The second kappa shape index (κ2) is 11.6. The molecule has 3 amide bonds. The molecular weight excluding hydrogens is 412 g/mol. The zero-order valence-corrected chi connectivity index (χ0v) is 20.1. The highest BCUT2D eigenvalue weighted by Gasteiger charge is 2.33. The molecule has 1 heterocycles. The monoisotopic (exact) mass is 448 g/mol. The van der Waals surface area contributed by atoms with Crippen molar-refractivity contribution in [3.63, 3.8) is 0 Å². The summed E-state index contributed by atoms with van der Waals surface area (Å²) in [5.74, 6) is 1.51. The van der Waals surface area contributed by atoms with Crippen LogP contribution in [0.25, 0.3) is 0 Å². The summed E-state index contributed by atoms with van der Waals surface area (Å²) in [7, 11) is 1.86. The fourth-order valence-electron chi connectivity index (χ4n) is 4.64. The molecule has 33 heavy (non-hydrogen) atoms. The SMILES string of the molecule is CC1=C[C@@H](CNC(=O)Nc2ccccc2)[C@H](C(C)C)C[C@H]1CC(=O)N(C)Cc1cccnc1. The molecule has 6 heteroatoms. The van der Waals surface area contributed by atoms with Crippen molar-refractivity contribution in [1.29, 1.82) is 0 Å². The first kappa shape index (κ1) is 24.5. The third kappa shape index (κ3) is 7.17. The number of nitrogens with one attached hydrogen (secondary N) is 2. The van der Waals surface area contributed by atoms with Crippen molar-refractivity contribution in [3.8, 4) is 0 Å². The molecule has 1 aromatic carbocycles. The Bertz CT molecular complexity index is 943. The fourth-order valence-corrected chi connectivity index (χ4v) is 4.64. The smallest absolute Gasteiger partial charge is 0.319 e. The molecule has 1 aliphatic rings. The van der Waals surface area contributed by atoms with Crippen LogP contribution < -0.4 is 10.6 Å². The Kier molecular flexibility index (Phi) is 8.64. The number of rotatable bonds is 8. The number of anilines is 1. The van der Waals surface area contributed by atoms with E-state index in [4.69, 9.17) is 0 Å². The molecule has 2 aromatic rings. The van der Waals surface area contributed by atoms with Gasteiger partial charge in [-0.3, -0.25) is 9.78 Å². The standard InChI is InChI=1S/C27H36N4O2/c1-19(2)25-14-22(15-26(32)31(4)18-21-9-8-12-28-16-21)20(3)13-23(25)17-29-27(33)30-24-10-6-5-7-11-24/h5-13,16,19,22-23,25H,14-15,17-18H2,1-4H3,(H2,29,30,33)/t22-,23-,25-/m0/s1. The molecule has 0 spiro atoms. The topological polar surface area (TPSA) is 74.3 Å². The van der Waals surface area contributed by atoms with E-state index in [9.17, 15) is 9.59 Å². The quantitative estimate of drug-likeness (QED) is 0.551. The Balaban J connectivity index is 1.58. The first-order valence-corrected chi connectivity index (χ1v) is 11.7. The molecule has 2 N–H and O–H groups in total. The summed E-state index contributed by atoms with van der Waals surface area (Å²) in [4.78, 5) is 31.2. The molecule has 176 valence electrons. The van der Waals surface area contributed by atoms with Crippen LogP contribution in [0.4, 0.5) is 10.5 Å². The van der Waals surface area contributed by atoms with Crippen molar-refractivity contribution in [2.24, 2.45) is 23.7 Å². The van der Waals surface area contributed by atoms with Gasteiger partial charge in [0.1, 0.15) is 0 Å². The van der Waals surface area contributed by atoms with Gasteiger partial charge in [-0.1, -0.05) is 49.8 Å².